The number of nitrogens with one attached hydrogen (secondary N) is 1. The van der Waals surface area contributed by atoms with E-state index < -0.39 is 0 Å². The number of ether oxygens (including phenoxy) is 3. The van der Waals surface area contributed by atoms with E-state index in [-0.39, 0.29) is 12.5 Å². The molecule has 30 heavy (non-hydrogen) atoms. The molecule has 0 aliphatic rings. The number of hydrogen-bond donors (Lipinski definition) is 1. The van der Waals surface area contributed by atoms with Gasteiger partial charge in [0.2, 0.25) is 5.89 Å². The Morgan fingerprint density at radius 1 is 0.967 bits per heavy atom. The summed E-state index contributed by atoms with van der Waals surface area (Å²) in [6.45, 7) is -0.145. The number of aromatic nitrogens is 1. The van der Waals surface area contributed by atoms with E-state index in [9.17, 15) is 4.79 Å². The number of anilines is 1. The summed E-state index contributed by atoms with van der Waals surface area (Å²) in [5, 5.41) is 2.80. The molecule has 1 aromatic heterocycles. The fraction of sp³-hybridized carbons (Fsp3) is 0.130. The summed E-state index contributed by atoms with van der Waals surface area (Å²) in [5.74, 6) is 2.04. The Balaban J connectivity index is 1.44. The maximum atomic E-state index is 12.3. The molecule has 7 heteroatoms. The van der Waals surface area contributed by atoms with Crippen molar-refractivity contribution in [2.24, 2.45) is 0 Å². The van der Waals surface area contributed by atoms with Gasteiger partial charge in [0.25, 0.3) is 5.91 Å². The van der Waals surface area contributed by atoms with Crippen LogP contribution < -0.4 is 19.5 Å². The highest BCUT2D eigenvalue weighted by molar-refractivity contribution is 5.94. The molecule has 0 atom stereocenters. The summed E-state index contributed by atoms with van der Waals surface area (Å²) < 4.78 is 21.7. The average Bonchev–Trinajstić information content (AvgIpc) is 3.21. The minimum atomic E-state index is -0.292. The normalized spacial score (nSPS) is 10.6. The van der Waals surface area contributed by atoms with Crippen LogP contribution in [0.4, 0.5) is 5.69 Å². The van der Waals surface area contributed by atoms with Crippen molar-refractivity contribution in [3.8, 4) is 28.7 Å². The van der Waals surface area contributed by atoms with Crippen molar-refractivity contribution in [1.82, 2.24) is 4.98 Å². The zero-order valence-electron chi connectivity index (χ0n) is 16.5. The molecule has 1 amide bonds. The van der Waals surface area contributed by atoms with Gasteiger partial charge >= 0.3 is 0 Å². The first kappa shape index (κ1) is 19.3. The van der Waals surface area contributed by atoms with Crippen LogP contribution in [0.25, 0.3) is 22.6 Å². The number of rotatable bonds is 7. The van der Waals surface area contributed by atoms with Crippen LogP contribution in [-0.2, 0) is 4.79 Å². The molecule has 0 fully saturated rings. The number of hydrogen-bond acceptors (Lipinski definition) is 6. The predicted molar refractivity (Wildman–Crippen MR) is 113 cm³/mol. The van der Waals surface area contributed by atoms with Gasteiger partial charge in [-0.2, -0.15) is 0 Å². The van der Waals surface area contributed by atoms with Gasteiger partial charge in [-0.1, -0.05) is 12.1 Å². The first-order valence-corrected chi connectivity index (χ1v) is 9.27. The molecular formula is C23H20N2O5. The summed E-state index contributed by atoms with van der Waals surface area (Å²) >= 11 is 0. The van der Waals surface area contributed by atoms with Gasteiger partial charge in [-0.25, -0.2) is 4.98 Å². The molecule has 0 radical (unpaired) electrons. The number of carbonyl (C=O) groups is 1. The molecule has 0 saturated carbocycles. The Labute approximate surface area is 173 Å². The highest BCUT2D eigenvalue weighted by Crippen LogP contribution is 2.28. The van der Waals surface area contributed by atoms with Gasteiger partial charge in [0.1, 0.15) is 11.3 Å². The molecule has 1 N–H and O–H groups in total. The fourth-order valence-corrected chi connectivity index (χ4v) is 2.94. The van der Waals surface area contributed by atoms with Crippen LogP contribution in [-0.4, -0.2) is 31.7 Å². The molecule has 4 aromatic rings. The molecule has 3 aromatic carbocycles. The van der Waals surface area contributed by atoms with E-state index in [1.807, 2.05) is 36.4 Å². The Kier molecular flexibility index (Phi) is 5.52. The fourth-order valence-electron chi connectivity index (χ4n) is 2.94. The van der Waals surface area contributed by atoms with E-state index in [1.165, 1.54) is 0 Å². The second kappa shape index (κ2) is 8.57. The predicted octanol–water partition coefficient (Wildman–Crippen LogP) is 4.53. The first-order valence-electron chi connectivity index (χ1n) is 9.27. The van der Waals surface area contributed by atoms with Crippen LogP contribution in [0.1, 0.15) is 0 Å². The average molecular weight is 404 g/mol. The lowest BCUT2D eigenvalue weighted by atomic mass is 10.2. The molecule has 0 saturated heterocycles. The van der Waals surface area contributed by atoms with Crippen molar-refractivity contribution in [3.63, 3.8) is 0 Å². The Morgan fingerprint density at radius 3 is 2.47 bits per heavy atom. The third-order valence-electron chi connectivity index (χ3n) is 4.44. The minimum absolute atomic E-state index is 0.145. The lowest BCUT2D eigenvalue weighted by Crippen LogP contribution is -2.20. The third kappa shape index (κ3) is 4.20. The quantitative estimate of drug-likeness (QED) is 0.487. The van der Waals surface area contributed by atoms with Crippen LogP contribution in [0.3, 0.4) is 0 Å². The van der Waals surface area contributed by atoms with Gasteiger partial charge in [0, 0.05) is 11.3 Å². The number of para-hydroxylation sites is 2. The third-order valence-corrected chi connectivity index (χ3v) is 4.44. The summed E-state index contributed by atoms with van der Waals surface area (Å²) in [6, 6.07) is 19.9. The standard InChI is InChI=1S/C23H20N2O5/c1-27-17-10-7-15(8-11-17)23-25-18-13-16(9-12-19(18)30-23)24-22(26)14-29-21-6-4-3-5-20(21)28-2/h3-13H,14H2,1-2H3,(H,24,26). The van der Waals surface area contributed by atoms with E-state index in [0.29, 0.717) is 34.2 Å². The van der Waals surface area contributed by atoms with E-state index in [1.54, 1.807) is 44.6 Å². The summed E-state index contributed by atoms with van der Waals surface area (Å²) in [4.78, 5) is 16.8. The van der Waals surface area contributed by atoms with Crippen molar-refractivity contribution >= 4 is 22.7 Å². The zero-order chi connectivity index (χ0) is 20.9. The number of nitrogens with zero attached hydrogens (tertiary/aromatic N) is 1. The number of fused-ring (bicyclic) bond motifs is 1. The van der Waals surface area contributed by atoms with Gasteiger partial charge in [0.15, 0.2) is 23.7 Å². The lowest BCUT2D eigenvalue weighted by molar-refractivity contribution is -0.118. The van der Waals surface area contributed by atoms with Crippen molar-refractivity contribution in [2.45, 2.75) is 0 Å². The zero-order valence-corrected chi connectivity index (χ0v) is 16.5. The van der Waals surface area contributed by atoms with Gasteiger partial charge in [-0.3, -0.25) is 4.79 Å². The highest BCUT2D eigenvalue weighted by Gasteiger charge is 2.11. The number of amides is 1. The molecule has 0 spiro atoms. The molecular weight excluding hydrogens is 384 g/mol. The van der Waals surface area contributed by atoms with Gasteiger partial charge in [-0.15, -0.1) is 0 Å². The summed E-state index contributed by atoms with van der Waals surface area (Å²) in [7, 11) is 3.17. The number of carbonyl (C=O) groups excluding carboxylic acids is 1. The van der Waals surface area contributed by atoms with Gasteiger partial charge < -0.3 is 23.9 Å². The number of benzene rings is 3. The Morgan fingerprint density at radius 2 is 1.73 bits per heavy atom. The largest absolute Gasteiger partial charge is 0.497 e. The smallest absolute Gasteiger partial charge is 0.262 e. The number of oxazole rings is 1. The first-order chi connectivity index (χ1) is 14.7. The Bertz CT molecular complexity index is 1170. The van der Waals surface area contributed by atoms with Crippen molar-refractivity contribution in [2.75, 3.05) is 26.1 Å². The topological polar surface area (TPSA) is 82.8 Å². The van der Waals surface area contributed by atoms with E-state index in [0.717, 1.165) is 11.3 Å². The molecule has 0 aliphatic carbocycles. The maximum absolute atomic E-state index is 12.3. The highest BCUT2D eigenvalue weighted by atomic mass is 16.5. The van der Waals surface area contributed by atoms with E-state index in [2.05, 4.69) is 10.3 Å². The van der Waals surface area contributed by atoms with Gasteiger partial charge in [0.05, 0.1) is 14.2 Å². The van der Waals surface area contributed by atoms with Crippen LogP contribution in [0, 0.1) is 0 Å². The van der Waals surface area contributed by atoms with Gasteiger partial charge in [-0.05, 0) is 54.6 Å². The molecule has 0 unspecified atom stereocenters. The second-order valence-corrected chi connectivity index (χ2v) is 6.42. The lowest BCUT2D eigenvalue weighted by Gasteiger charge is -2.10. The molecule has 0 bridgehead atoms. The van der Waals surface area contributed by atoms with Crippen LogP contribution in [0.5, 0.6) is 17.2 Å². The van der Waals surface area contributed by atoms with E-state index >= 15 is 0 Å². The van der Waals surface area contributed by atoms with Crippen molar-refractivity contribution in [3.05, 3.63) is 66.7 Å². The second-order valence-electron chi connectivity index (χ2n) is 6.42. The summed E-state index contributed by atoms with van der Waals surface area (Å²) in [5.41, 5.74) is 2.71. The number of methoxy groups -OCH3 is 2. The van der Waals surface area contributed by atoms with Crippen LogP contribution in [0.2, 0.25) is 0 Å². The summed E-state index contributed by atoms with van der Waals surface area (Å²) in [6.07, 6.45) is 0. The molecule has 152 valence electrons. The van der Waals surface area contributed by atoms with Crippen molar-refractivity contribution < 1.29 is 23.4 Å². The molecule has 7 nitrogen and oxygen atoms in total. The van der Waals surface area contributed by atoms with Crippen molar-refractivity contribution in [1.29, 1.82) is 0 Å². The SMILES string of the molecule is COc1ccc(-c2nc3cc(NC(=O)COc4ccccc4OC)ccc3o2)cc1. The monoisotopic (exact) mass is 404 g/mol. The Hall–Kier alpha value is -4.00. The molecule has 4 rings (SSSR count). The van der Waals surface area contributed by atoms with Crippen LogP contribution in [0.15, 0.2) is 71.1 Å². The molecule has 0 aliphatic heterocycles. The van der Waals surface area contributed by atoms with E-state index in [4.69, 9.17) is 18.6 Å². The maximum Gasteiger partial charge on any atom is 0.262 e. The molecule has 1 heterocycles. The minimum Gasteiger partial charge on any atom is -0.497 e. The van der Waals surface area contributed by atoms with Crippen LogP contribution >= 0.6 is 0 Å².